The van der Waals surface area contributed by atoms with Crippen molar-refractivity contribution in [2.24, 2.45) is 0 Å². The monoisotopic (exact) mass is 223 g/mol. The van der Waals surface area contributed by atoms with Crippen molar-refractivity contribution in [3.05, 3.63) is 48.5 Å². The summed E-state index contributed by atoms with van der Waals surface area (Å²) in [6.07, 6.45) is 0. The predicted octanol–water partition coefficient (Wildman–Crippen LogP) is 3.26. The Morgan fingerprint density at radius 2 is 1.29 bits per heavy atom. The molecule has 84 valence electrons. The van der Waals surface area contributed by atoms with Crippen molar-refractivity contribution in [3.63, 3.8) is 0 Å². The molecule has 3 aromatic rings. The molecule has 2 aromatic carbocycles. The fraction of sp³-hybridized carbons (Fsp3) is 0.200. The van der Waals surface area contributed by atoms with E-state index >= 15 is 0 Å². The SMILES string of the molecule is CC(C)[n+]1c2ccccc2nc2ccccc21. The van der Waals surface area contributed by atoms with Crippen LogP contribution in [0.25, 0.3) is 22.1 Å². The Labute approximate surface area is 101 Å². The van der Waals surface area contributed by atoms with Gasteiger partial charge in [0.2, 0.25) is 11.0 Å². The van der Waals surface area contributed by atoms with Crippen molar-refractivity contribution in [1.82, 2.24) is 4.98 Å². The smallest absolute Gasteiger partial charge is 0.231 e. The van der Waals surface area contributed by atoms with E-state index in [4.69, 9.17) is 4.98 Å². The van der Waals surface area contributed by atoms with Crippen molar-refractivity contribution < 1.29 is 4.57 Å². The lowest BCUT2D eigenvalue weighted by Crippen LogP contribution is -2.38. The molecule has 1 heterocycles. The van der Waals surface area contributed by atoms with Gasteiger partial charge in [0.15, 0.2) is 6.04 Å². The lowest BCUT2D eigenvalue weighted by Gasteiger charge is -2.07. The molecule has 0 saturated heterocycles. The lowest BCUT2D eigenvalue weighted by molar-refractivity contribution is -0.666. The maximum Gasteiger partial charge on any atom is 0.231 e. The van der Waals surface area contributed by atoms with E-state index in [0.29, 0.717) is 6.04 Å². The summed E-state index contributed by atoms with van der Waals surface area (Å²) >= 11 is 0. The Morgan fingerprint density at radius 1 is 0.824 bits per heavy atom. The van der Waals surface area contributed by atoms with Crippen molar-refractivity contribution in [1.29, 1.82) is 0 Å². The number of nitrogens with zero attached hydrogens (tertiary/aromatic N) is 2. The molecule has 0 radical (unpaired) electrons. The summed E-state index contributed by atoms with van der Waals surface area (Å²) in [5.41, 5.74) is 4.50. The highest BCUT2D eigenvalue weighted by Crippen LogP contribution is 2.16. The summed E-state index contributed by atoms with van der Waals surface area (Å²) in [6, 6.07) is 17.0. The third-order valence-corrected chi connectivity index (χ3v) is 3.04. The molecule has 0 bridgehead atoms. The highest BCUT2D eigenvalue weighted by Gasteiger charge is 2.18. The Kier molecular flexibility index (Phi) is 2.29. The number of aromatic nitrogens is 2. The van der Waals surface area contributed by atoms with E-state index in [-0.39, 0.29) is 0 Å². The van der Waals surface area contributed by atoms with Crippen LogP contribution in [0.2, 0.25) is 0 Å². The van der Waals surface area contributed by atoms with Gasteiger partial charge < -0.3 is 0 Å². The van der Waals surface area contributed by atoms with E-state index in [2.05, 4.69) is 54.8 Å². The van der Waals surface area contributed by atoms with E-state index in [0.717, 1.165) is 11.0 Å². The predicted molar refractivity (Wildman–Crippen MR) is 69.8 cm³/mol. The van der Waals surface area contributed by atoms with Crippen LogP contribution in [-0.4, -0.2) is 4.98 Å². The van der Waals surface area contributed by atoms with Crippen LogP contribution in [0, 0.1) is 0 Å². The average Bonchev–Trinajstić information content (AvgIpc) is 2.35. The molecule has 0 aliphatic carbocycles. The number of para-hydroxylation sites is 4. The summed E-state index contributed by atoms with van der Waals surface area (Å²) in [5.74, 6) is 0. The molecule has 0 aliphatic heterocycles. The molecule has 0 atom stereocenters. The lowest BCUT2D eigenvalue weighted by atomic mass is 10.2. The van der Waals surface area contributed by atoms with Crippen LogP contribution in [-0.2, 0) is 0 Å². The van der Waals surface area contributed by atoms with E-state index < -0.39 is 0 Å². The van der Waals surface area contributed by atoms with Gasteiger partial charge in [-0.15, -0.1) is 0 Å². The van der Waals surface area contributed by atoms with E-state index in [1.54, 1.807) is 0 Å². The summed E-state index contributed by atoms with van der Waals surface area (Å²) in [5, 5.41) is 0. The van der Waals surface area contributed by atoms with Gasteiger partial charge in [-0.2, -0.15) is 4.57 Å². The van der Waals surface area contributed by atoms with Crippen molar-refractivity contribution >= 4 is 22.1 Å². The molecule has 0 aliphatic rings. The first-order valence-electron chi connectivity index (χ1n) is 5.96. The number of benzene rings is 2. The van der Waals surface area contributed by atoms with E-state index in [1.807, 2.05) is 12.1 Å². The first-order chi connectivity index (χ1) is 8.27. The summed E-state index contributed by atoms with van der Waals surface area (Å²) < 4.78 is 2.34. The van der Waals surface area contributed by atoms with E-state index in [9.17, 15) is 0 Å². The molecular formula is C15H15N2+. The van der Waals surface area contributed by atoms with Crippen LogP contribution in [0.3, 0.4) is 0 Å². The Morgan fingerprint density at radius 3 is 1.76 bits per heavy atom. The molecule has 2 heteroatoms. The van der Waals surface area contributed by atoms with Gasteiger partial charge in [0.05, 0.1) is 0 Å². The largest absolute Gasteiger partial charge is 0.235 e. The third kappa shape index (κ3) is 1.57. The average molecular weight is 223 g/mol. The summed E-state index contributed by atoms with van der Waals surface area (Å²) in [4.78, 5) is 4.70. The zero-order valence-electron chi connectivity index (χ0n) is 10.1. The van der Waals surface area contributed by atoms with Crippen molar-refractivity contribution in [2.75, 3.05) is 0 Å². The zero-order valence-corrected chi connectivity index (χ0v) is 10.1. The molecule has 0 amide bonds. The quantitative estimate of drug-likeness (QED) is 0.457. The standard InChI is InChI=1S/C15H15N2/c1-11(2)17-14-9-5-3-7-12(14)16-13-8-4-6-10-15(13)17/h3-11H,1-2H3/q+1. The summed E-state index contributed by atoms with van der Waals surface area (Å²) in [7, 11) is 0. The molecule has 0 saturated carbocycles. The molecular weight excluding hydrogens is 208 g/mol. The Hall–Kier alpha value is -1.96. The van der Waals surface area contributed by atoms with Gasteiger partial charge in [-0.3, -0.25) is 0 Å². The minimum Gasteiger partial charge on any atom is -0.235 e. The second-order valence-corrected chi connectivity index (χ2v) is 4.55. The maximum atomic E-state index is 4.70. The molecule has 2 nitrogen and oxygen atoms in total. The van der Waals surface area contributed by atoms with Crippen LogP contribution < -0.4 is 4.57 Å². The molecule has 0 spiro atoms. The molecule has 0 unspecified atom stereocenters. The highest BCUT2D eigenvalue weighted by atomic mass is 15.0. The van der Waals surface area contributed by atoms with Crippen LogP contribution in [0.1, 0.15) is 19.9 Å². The van der Waals surface area contributed by atoms with Gasteiger partial charge in [0.1, 0.15) is 11.0 Å². The molecule has 0 N–H and O–H groups in total. The minimum absolute atomic E-state index is 0.424. The van der Waals surface area contributed by atoms with Crippen LogP contribution >= 0.6 is 0 Å². The van der Waals surface area contributed by atoms with Gasteiger partial charge in [0.25, 0.3) is 0 Å². The normalized spacial score (nSPS) is 11.5. The fourth-order valence-electron chi connectivity index (χ4n) is 2.34. The van der Waals surface area contributed by atoms with E-state index in [1.165, 1.54) is 11.0 Å². The van der Waals surface area contributed by atoms with Gasteiger partial charge in [-0.1, -0.05) is 24.3 Å². The summed E-state index contributed by atoms with van der Waals surface area (Å²) in [6.45, 7) is 4.41. The van der Waals surface area contributed by atoms with Crippen LogP contribution in [0.5, 0.6) is 0 Å². The maximum absolute atomic E-state index is 4.70. The Bertz CT molecular complexity index is 633. The molecule has 17 heavy (non-hydrogen) atoms. The number of hydrogen-bond donors (Lipinski definition) is 0. The molecule has 1 aromatic heterocycles. The Balaban J connectivity index is 2.56. The van der Waals surface area contributed by atoms with Crippen molar-refractivity contribution in [3.8, 4) is 0 Å². The fourth-order valence-corrected chi connectivity index (χ4v) is 2.34. The first kappa shape index (κ1) is 10.2. The van der Waals surface area contributed by atoms with Gasteiger partial charge in [0, 0.05) is 12.1 Å². The van der Waals surface area contributed by atoms with Gasteiger partial charge in [-0.25, -0.2) is 4.98 Å². The van der Waals surface area contributed by atoms with Crippen LogP contribution in [0.15, 0.2) is 48.5 Å². The second-order valence-electron chi connectivity index (χ2n) is 4.55. The first-order valence-corrected chi connectivity index (χ1v) is 5.96. The topological polar surface area (TPSA) is 16.8 Å². The molecule has 3 rings (SSSR count). The van der Waals surface area contributed by atoms with Gasteiger partial charge >= 0.3 is 0 Å². The molecule has 0 fully saturated rings. The number of hydrogen-bond acceptors (Lipinski definition) is 1. The number of fused-ring (bicyclic) bond motifs is 2. The highest BCUT2D eigenvalue weighted by molar-refractivity contribution is 5.81. The van der Waals surface area contributed by atoms with Crippen molar-refractivity contribution in [2.45, 2.75) is 19.9 Å². The third-order valence-electron chi connectivity index (χ3n) is 3.04. The van der Waals surface area contributed by atoms with Gasteiger partial charge in [-0.05, 0) is 26.0 Å². The number of rotatable bonds is 1. The minimum atomic E-state index is 0.424. The zero-order chi connectivity index (χ0) is 11.8. The van der Waals surface area contributed by atoms with Crippen LogP contribution in [0.4, 0.5) is 0 Å². The second kappa shape index (κ2) is 3.81.